The average molecular weight is 241 g/mol. The zero-order valence-corrected chi connectivity index (χ0v) is 8.80. The normalized spacial score (nSPS) is 10.4. The van der Waals surface area contributed by atoms with E-state index in [0.29, 0.717) is 16.9 Å². The number of pyridine rings is 1. The van der Waals surface area contributed by atoms with Gasteiger partial charge in [-0.2, -0.15) is 0 Å². The topological polar surface area (TPSA) is 38.9 Å². The molecule has 0 radical (unpaired) electrons. The van der Waals surface area contributed by atoms with Crippen LogP contribution in [0.3, 0.4) is 0 Å². The van der Waals surface area contributed by atoms with E-state index < -0.39 is 11.6 Å². The first kappa shape index (κ1) is 10.8. The first-order chi connectivity index (χ1) is 7.58. The van der Waals surface area contributed by atoms with E-state index >= 15 is 0 Å². The van der Waals surface area contributed by atoms with Crippen molar-refractivity contribution >= 4 is 17.4 Å². The largest absolute Gasteiger partial charge is 0.384 e. The fraction of sp³-hybridized carbons (Fsp3) is 0. The maximum Gasteiger partial charge on any atom is 0.160 e. The predicted octanol–water partition coefficient (Wildman–Crippen LogP) is 3.26. The molecule has 82 valence electrons. The van der Waals surface area contributed by atoms with E-state index in [-0.39, 0.29) is 5.02 Å². The lowest BCUT2D eigenvalue weighted by Gasteiger charge is -2.05. The van der Waals surface area contributed by atoms with Crippen LogP contribution in [0.25, 0.3) is 11.1 Å². The van der Waals surface area contributed by atoms with Gasteiger partial charge in [0.25, 0.3) is 0 Å². The Morgan fingerprint density at radius 2 is 1.81 bits per heavy atom. The highest BCUT2D eigenvalue weighted by atomic mass is 35.5. The summed E-state index contributed by atoms with van der Waals surface area (Å²) in [5.74, 6) is -1.64. The molecule has 0 fully saturated rings. The average Bonchev–Trinajstić information content (AvgIpc) is 2.23. The Bertz CT molecular complexity index is 544. The number of halogens is 3. The Morgan fingerprint density at radius 3 is 2.50 bits per heavy atom. The van der Waals surface area contributed by atoms with Crippen LogP contribution in [0.15, 0.2) is 30.5 Å². The van der Waals surface area contributed by atoms with Crippen molar-refractivity contribution in [1.29, 1.82) is 0 Å². The molecular formula is C11H7ClF2N2. The summed E-state index contributed by atoms with van der Waals surface area (Å²) in [6.07, 6.45) is 1.47. The van der Waals surface area contributed by atoms with E-state index in [2.05, 4.69) is 4.98 Å². The molecule has 5 heteroatoms. The van der Waals surface area contributed by atoms with Gasteiger partial charge in [0.15, 0.2) is 11.6 Å². The molecule has 0 aliphatic carbocycles. The predicted molar refractivity (Wildman–Crippen MR) is 59.0 cm³/mol. The van der Waals surface area contributed by atoms with Crippen molar-refractivity contribution in [1.82, 2.24) is 4.98 Å². The van der Waals surface area contributed by atoms with Gasteiger partial charge in [0.2, 0.25) is 0 Å². The van der Waals surface area contributed by atoms with Gasteiger partial charge in [-0.15, -0.1) is 0 Å². The smallest absolute Gasteiger partial charge is 0.160 e. The SMILES string of the molecule is Nc1cc(-c2cc(F)c(F)cc2Cl)ccn1. The molecule has 1 aromatic heterocycles. The molecule has 1 aromatic carbocycles. The first-order valence-corrected chi connectivity index (χ1v) is 4.82. The zero-order chi connectivity index (χ0) is 11.7. The molecule has 0 spiro atoms. The third kappa shape index (κ3) is 1.97. The van der Waals surface area contributed by atoms with Crippen molar-refractivity contribution in [3.8, 4) is 11.1 Å². The molecule has 0 unspecified atom stereocenters. The van der Waals surface area contributed by atoms with Gasteiger partial charge in [-0.25, -0.2) is 13.8 Å². The number of nitrogen functional groups attached to an aromatic ring is 1. The van der Waals surface area contributed by atoms with Crippen LogP contribution in [0.5, 0.6) is 0 Å². The summed E-state index contributed by atoms with van der Waals surface area (Å²) in [4.78, 5) is 3.80. The number of hydrogen-bond acceptors (Lipinski definition) is 2. The molecule has 1 heterocycles. The summed E-state index contributed by atoms with van der Waals surface area (Å²) in [7, 11) is 0. The van der Waals surface area contributed by atoms with E-state index in [0.717, 1.165) is 12.1 Å². The third-order valence-corrected chi connectivity index (χ3v) is 2.41. The Morgan fingerprint density at radius 1 is 1.12 bits per heavy atom. The van der Waals surface area contributed by atoms with Gasteiger partial charge in [0, 0.05) is 11.8 Å². The van der Waals surface area contributed by atoms with E-state index in [1.807, 2.05) is 0 Å². The minimum atomic E-state index is -0.976. The monoisotopic (exact) mass is 240 g/mol. The first-order valence-electron chi connectivity index (χ1n) is 4.44. The Labute approximate surface area is 95.7 Å². The zero-order valence-electron chi connectivity index (χ0n) is 8.05. The molecule has 2 rings (SSSR count). The molecule has 16 heavy (non-hydrogen) atoms. The molecule has 2 nitrogen and oxygen atoms in total. The molecule has 0 bridgehead atoms. The van der Waals surface area contributed by atoms with Crippen molar-refractivity contribution in [3.05, 3.63) is 47.1 Å². The number of nitrogens with two attached hydrogens (primary N) is 1. The quantitative estimate of drug-likeness (QED) is 0.777. The Balaban J connectivity index is 2.60. The Hall–Kier alpha value is -1.68. The number of hydrogen-bond donors (Lipinski definition) is 1. The third-order valence-electron chi connectivity index (χ3n) is 2.10. The second-order valence-corrected chi connectivity index (χ2v) is 3.62. The second kappa shape index (κ2) is 4.06. The van der Waals surface area contributed by atoms with Crippen LogP contribution in [0, 0.1) is 11.6 Å². The van der Waals surface area contributed by atoms with Gasteiger partial charge in [-0.05, 0) is 29.8 Å². The molecule has 0 aliphatic heterocycles. The van der Waals surface area contributed by atoms with Gasteiger partial charge in [0.1, 0.15) is 5.82 Å². The summed E-state index contributed by atoms with van der Waals surface area (Å²) in [6.45, 7) is 0. The maximum atomic E-state index is 13.1. The minimum Gasteiger partial charge on any atom is -0.384 e. The van der Waals surface area contributed by atoms with Crippen molar-refractivity contribution in [2.24, 2.45) is 0 Å². The van der Waals surface area contributed by atoms with Crippen molar-refractivity contribution in [2.45, 2.75) is 0 Å². The fourth-order valence-electron chi connectivity index (χ4n) is 1.36. The molecule has 0 saturated carbocycles. The highest BCUT2D eigenvalue weighted by Crippen LogP contribution is 2.30. The molecule has 0 atom stereocenters. The highest BCUT2D eigenvalue weighted by molar-refractivity contribution is 6.33. The van der Waals surface area contributed by atoms with Crippen LogP contribution < -0.4 is 5.73 Å². The highest BCUT2D eigenvalue weighted by Gasteiger charge is 2.10. The number of nitrogens with zero attached hydrogens (tertiary/aromatic N) is 1. The van der Waals surface area contributed by atoms with Crippen LogP contribution in [0.4, 0.5) is 14.6 Å². The van der Waals surface area contributed by atoms with Crippen molar-refractivity contribution < 1.29 is 8.78 Å². The molecule has 0 amide bonds. The standard InChI is InChI=1S/C11H7ClF2N2/c12-8-5-10(14)9(13)4-7(8)6-1-2-16-11(15)3-6/h1-5H,(H2,15,16). The number of aromatic nitrogens is 1. The van der Waals surface area contributed by atoms with E-state index in [1.165, 1.54) is 6.20 Å². The van der Waals surface area contributed by atoms with Gasteiger partial charge < -0.3 is 5.73 Å². The Kier molecular flexibility index (Phi) is 2.75. The maximum absolute atomic E-state index is 13.1. The molecule has 0 saturated heterocycles. The van der Waals surface area contributed by atoms with E-state index in [9.17, 15) is 8.78 Å². The van der Waals surface area contributed by atoms with E-state index in [1.54, 1.807) is 12.1 Å². The lowest BCUT2D eigenvalue weighted by molar-refractivity contribution is 0.509. The number of benzene rings is 1. The van der Waals surface area contributed by atoms with Gasteiger partial charge in [-0.3, -0.25) is 0 Å². The molecule has 0 aliphatic rings. The fourth-order valence-corrected chi connectivity index (χ4v) is 1.62. The van der Waals surface area contributed by atoms with Gasteiger partial charge >= 0.3 is 0 Å². The molecular weight excluding hydrogens is 234 g/mol. The van der Waals surface area contributed by atoms with Crippen molar-refractivity contribution in [3.63, 3.8) is 0 Å². The summed E-state index contributed by atoms with van der Waals surface area (Å²) in [6, 6.07) is 5.13. The summed E-state index contributed by atoms with van der Waals surface area (Å²) < 4.78 is 25.9. The summed E-state index contributed by atoms with van der Waals surface area (Å²) in [5, 5.41) is 0.129. The van der Waals surface area contributed by atoms with Crippen LogP contribution in [0.2, 0.25) is 5.02 Å². The van der Waals surface area contributed by atoms with Crippen LogP contribution in [0.1, 0.15) is 0 Å². The number of rotatable bonds is 1. The van der Waals surface area contributed by atoms with E-state index in [4.69, 9.17) is 17.3 Å². The van der Waals surface area contributed by atoms with Crippen LogP contribution in [-0.4, -0.2) is 4.98 Å². The molecule has 2 aromatic rings. The minimum absolute atomic E-state index is 0.129. The van der Waals surface area contributed by atoms with Crippen LogP contribution >= 0.6 is 11.6 Å². The van der Waals surface area contributed by atoms with Gasteiger partial charge in [-0.1, -0.05) is 11.6 Å². The lowest BCUT2D eigenvalue weighted by atomic mass is 10.1. The summed E-state index contributed by atoms with van der Waals surface area (Å²) in [5.41, 5.74) is 6.47. The second-order valence-electron chi connectivity index (χ2n) is 3.22. The molecule has 2 N–H and O–H groups in total. The summed E-state index contributed by atoms with van der Waals surface area (Å²) >= 11 is 5.82. The number of anilines is 1. The van der Waals surface area contributed by atoms with Crippen molar-refractivity contribution in [2.75, 3.05) is 5.73 Å². The van der Waals surface area contributed by atoms with Gasteiger partial charge in [0.05, 0.1) is 5.02 Å². The lowest BCUT2D eigenvalue weighted by Crippen LogP contribution is -1.91. The van der Waals surface area contributed by atoms with Crippen LogP contribution in [-0.2, 0) is 0 Å².